The normalized spacial score (nSPS) is 16.4. The van der Waals surface area contributed by atoms with Crippen LogP contribution in [0.1, 0.15) is 60.4 Å². The summed E-state index contributed by atoms with van der Waals surface area (Å²) in [7, 11) is 0. The molecule has 1 aliphatic heterocycles. The summed E-state index contributed by atoms with van der Waals surface area (Å²) < 4.78 is 15.8. The van der Waals surface area contributed by atoms with Gasteiger partial charge in [0.25, 0.3) is 0 Å². The van der Waals surface area contributed by atoms with Crippen molar-refractivity contribution in [2.45, 2.75) is 45.1 Å². The summed E-state index contributed by atoms with van der Waals surface area (Å²) in [5, 5.41) is 4.26. The van der Waals surface area contributed by atoms with E-state index in [1.165, 1.54) is 5.56 Å². The number of benzene rings is 2. The maximum atomic E-state index is 6.13. The number of hydrogen-bond acceptors (Lipinski definition) is 4. The lowest BCUT2D eigenvalue weighted by molar-refractivity contribution is -0.187. The molecule has 1 aliphatic rings. The molecule has 177 valence electrons. The fraction of sp³-hybridized carbons (Fsp3) is 0.276. The Labute approximate surface area is 206 Å². The van der Waals surface area contributed by atoms with Gasteiger partial charge in [-0.25, -0.2) is 4.98 Å². The fourth-order valence-electron chi connectivity index (χ4n) is 4.14. The number of aromatic nitrogens is 4. The largest absolute Gasteiger partial charge is 0.353 e. The van der Waals surface area contributed by atoms with Crippen molar-refractivity contribution in [2.75, 3.05) is 6.61 Å². The molecule has 6 nitrogen and oxygen atoms in total. The van der Waals surface area contributed by atoms with E-state index in [2.05, 4.69) is 58.8 Å². The Kier molecular flexibility index (Phi) is 7.38. The molecule has 1 unspecified atom stereocenters. The fourth-order valence-corrected chi connectivity index (χ4v) is 4.14. The molecule has 0 amide bonds. The first-order chi connectivity index (χ1) is 17.2. The molecule has 0 saturated carbocycles. The third-order valence-corrected chi connectivity index (χ3v) is 5.99. The van der Waals surface area contributed by atoms with Gasteiger partial charge in [-0.05, 0) is 61.6 Å². The van der Waals surface area contributed by atoms with Crippen molar-refractivity contribution in [1.82, 2.24) is 19.3 Å². The van der Waals surface area contributed by atoms with E-state index in [-0.39, 0.29) is 12.4 Å². The van der Waals surface area contributed by atoms with Crippen molar-refractivity contribution >= 4 is 0 Å². The van der Waals surface area contributed by atoms with Crippen LogP contribution in [0.2, 0.25) is 0 Å². The topological polar surface area (TPSA) is 54.1 Å². The van der Waals surface area contributed by atoms with E-state index in [1.807, 2.05) is 52.8 Å². The molecule has 35 heavy (non-hydrogen) atoms. The minimum Gasteiger partial charge on any atom is -0.353 e. The molecule has 0 spiro atoms. The van der Waals surface area contributed by atoms with Crippen LogP contribution in [0, 0.1) is 18.4 Å². The van der Waals surface area contributed by atoms with Gasteiger partial charge >= 0.3 is 0 Å². The maximum absolute atomic E-state index is 6.13. The van der Waals surface area contributed by atoms with Gasteiger partial charge in [0.2, 0.25) is 0 Å². The smallest absolute Gasteiger partial charge is 0.158 e. The van der Waals surface area contributed by atoms with Crippen LogP contribution in [-0.4, -0.2) is 32.2 Å². The molecule has 0 bridgehead atoms. The number of ether oxygens (including phenoxy) is 2. The zero-order valence-electron chi connectivity index (χ0n) is 19.9. The Morgan fingerprint density at radius 3 is 2.74 bits per heavy atom. The van der Waals surface area contributed by atoms with Crippen molar-refractivity contribution < 1.29 is 9.47 Å². The van der Waals surface area contributed by atoms with Crippen molar-refractivity contribution in [2.24, 2.45) is 0 Å². The van der Waals surface area contributed by atoms with E-state index in [0.717, 1.165) is 54.9 Å². The molecule has 0 N–H and O–H groups in total. The Hall–Kier alpha value is -3.66. The van der Waals surface area contributed by atoms with E-state index in [4.69, 9.17) is 9.47 Å². The van der Waals surface area contributed by atoms with Crippen LogP contribution in [0.5, 0.6) is 0 Å². The minimum atomic E-state index is -0.178. The van der Waals surface area contributed by atoms with Crippen LogP contribution < -0.4 is 0 Å². The molecule has 1 radical (unpaired) electrons. The highest BCUT2D eigenvalue weighted by Crippen LogP contribution is 2.24. The lowest BCUT2D eigenvalue weighted by Gasteiger charge is -2.26. The molecule has 2 atom stereocenters. The highest BCUT2D eigenvalue weighted by molar-refractivity contribution is 5.49. The van der Waals surface area contributed by atoms with Gasteiger partial charge < -0.3 is 14.0 Å². The third-order valence-electron chi connectivity index (χ3n) is 5.99. The van der Waals surface area contributed by atoms with E-state index in [1.54, 1.807) is 12.4 Å². The number of nitrogens with zero attached hydrogens (tertiary/aromatic N) is 4. The first-order valence-electron chi connectivity index (χ1n) is 12.1. The monoisotopic (exact) mass is 465 g/mol. The summed E-state index contributed by atoms with van der Waals surface area (Å²) in [6.07, 6.45) is 10.3. The Balaban J connectivity index is 1.28. The molecule has 3 heterocycles. The van der Waals surface area contributed by atoms with E-state index < -0.39 is 0 Å². The molecule has 5 rings (SSSR count). The standard InChI is InChI=1S/C29H29N4O2/c1-23(35-28-9-4-5-20-34-28)29-30-17-19-32(29)22-27-8-3-2-7-26(27)15-14-24-10-12-25(13-11-24)21-33-18-6-16-31-33/h2-3,6-8,10-13,16-19,22-23,28H,4-5,9,20-21H2,1H3/t23-,28?/m0/s1. The van der Waals surface area contributed by atoms with Crippen molar-refractivity contribution in [1.29, 1.82) is 0 Å². The second-order valence-electron chi connectivity index (χ2n) is 8.63. The van der Waals surface area contributed by atoms with Gasteiger partial charge in [0, 0.05) is 42.5 Å². The molecule has 6 heteroatoms. The van der Waals surface area contributed by atoms with Crippen LogP contribution in [0.3, 0.4) is 0 Å². The zero-order valence-corrected chi connectivity index (χ0v) is 19.9. The van der Waals surface area contributed by atoms with E-state index in [0.29, 0.717) is 0 Å². The Morgan fingerprint density at radius 1 is 1.06 bits per heavy atom. The highest BCUT2D eigenvalue weighted by Gasteiger charge is 2.21. The summed E-state index contributed by atoms with van der Waals surface area (Å²) in [6.45, 7) is 5.59. The average Bonchev–Trinajstić information content (AvgIpc) is 3.57. The first kappa shape index (κ1) is 23.1. The van der Waals surface area contributed by atoms with Crippen molar-refractivity contribution in [3.05, 3.63) is 114 Å². The lowest BCUT2D eigenvalue weighted by atomic mass is 10.1. The summed E-state index contributed by atoms with van der Waals surface area (Å²) in [4.78, 5) is 4.54. The summed E-state index contributed by atoms with van der Waals surface area (Å²) in [5.74, 6) is 7.48. The summed E-state index contributed by atoms with van der Waals surface area (Å²) >= 11 is 0. The quantitative estimate of drug-likeness (QED) is 0.353. The number of imidazole rings is 1. The van der Waals surface area contributed by atoms with Crippen LogP contribution in [0.15, 0.2) is 79.4 Å². The highest BCUT2D eigenvalue weighted by atomic mass is 16.7. The predicted octanol–water partition coefficient (Wildman–Crippen LogP) is 5.19. The second kappa shape index (κ2) is 11.2. The van der Waals surface area contributed by atoms with Crippen LogP contribution in [-0.2, 0) is 16.0 Å². The molecular formula is C29H29N4O2. The van der Waals surface area contributed by atoms with E-state index >= 15 is 0 Å². The van der Waals surface area contributed by atoms with Crippen LogP contribution >= 0.6 is 0 Å². The molecule has 0 aliphatic carbocycles. The summed E-state index contributed by atoms with van der Waals surface area (Å²) in [5.41, 5.74) is 4.14. The molecule has 2 aromatic carbocycles. The molecular weight excluding hydrogens is 436 g/mol. The second-order valence-corrected chi connectivity index (χ2v) is 8.63. The number of hydrogen-bond donors (Lipinski definition) is 0. The van der Waals surface area contributed by atoms with E-state index in [9.17, 15) is 0 Å². The van der Waals surface area contributed by atoms with Gasteiger partial charge in [0.1, 0.15) is 11.9 Å². The lowest BCUT2D eigenvalue weighted by Crippen LogP contribution is -2.24. The predicted molar refractivity (Wildman–Crippen MR) is 134 cm³/mol. The number of rotatable bonds is 7. The maximum Gasteiger partial charge on any atom is 0.158 e. The third kappa shape index (κ3) is 6.07. The van der Waals surface area contributed by atoms with Crippen LogP contribution in [0.25, 0.3) is 0 Å². The van der Waals surface area contributed by atoms with Gasteiger partial charge in [0.15, 0.2) is 6.29 Å². The molecule has 4 aromatic rings. The van der Waals surface area contributed by atoms with Crippen LogP contribution in [0.4, 0.5) is 0 Å². The Bertz CT molecular complexity index is 1280. The summed E-state index contributed by atoms with van der Waals surface area (Å²) in [6, 6.07) is 18.4. The van der Waals surface area contributed by atoms with Crippen molar-refractivity contribution in [3.63, 3.8) is 0 Å². The van der Waals surface area contributed by atoms with Gasteiger partial charge in [-0.15, -0.1) is 0 Å². The van der Waals surface area contributed by atoms with Gasteiger partial charge in [-0.2, -0.15) is 5.10 Å². The van der Waals surface area contributed by atoms with Crippen molar-refractivity contribution in [3.8, 4) is 11.8 Å². The first-order valence-corrected chi connectivity index (χ1v) is 12.1. The average molecular weight is 466 g/mol. The molecule has 2 aromatic heterocycles. The molecule has 1 saturated heterocycles. The Morgan fingerprint density at radius 2 is 1.94 bits per heavy atom. The SMILES string of the molecule is C[C@H](OC1CCCCO1)c1nccn1[CH]c1ccccc1C#Cc1ccc(Cn2cccn2)cc1. The minimum absolute atomic E-state index is 0.159. The zero-order chi connectivity index (χ0) is 23.9. The van der Waals surface area contributed by atoms with Gasteiger partial charge in [-0.1, -0.05) is 42.2 Å². The van der Waals surface area contributed by atoms with Gasteiger partial charge in [-0.3, -0.25) is 4.68 Å². The van der Waals surface area contributed by atoms with Gasteiger partial charge in [0.05, 0.1) is 13.1 Å². The molecule has 1 fully saturated rings.